The second-order valence-corrected chi connectivity index (χ2v) is 3.40. The van der Waals surface area contributed by atoms with Crippen LogP contribution in [-0.2, 0) is 14.3 Å². The summed E-state index contributed by atoms with van der Waals surface area (Å²) < 4.78 is 9.03. The third kappa shape index (κ3) is 5.35. The van der Waals surface area contributed by atoms with Crippen LogP contribution in [0.15, 0.2) is 12.7 Å². The highest BCUT2D eigenvalue weighted by molar-refractivity contribution is 5.84. The number of carbonyl (C=O) groups excluding carboxylic acids is 2. The third-order valence-corrected chi connectivity index (χ3v) is 1.44. The van der Waals surface area contributed by atoms with E-state index >= 15 is 0 Å². The number of esters is 1. The highest BCUT2D eigenvalue weighted by Gasteiger charge is 2.16. The minimum Gasteiger partial charge on any atom is -0.434 e. The van der Waals surface area contributed by atoms with Gasteiger partial charge >= 0.3 is 12.1 Å². The zero-order chi connectivity index (χ0) is 11.1. The molecule has 0 bridgehead atoms. The van der Waals surface area contributed by atoms with Gasteiger partial charge in [0.05, 0.1) is 12.5 Å². The van der Waals surface area contributed by atoms with E-state index in [2.05, 4.69) is 16.1 Å². The average Bonchev–Trinajstić information content (AvgIpc) is 2.13. The number of rotatable bonds is 4. The molecule has 0 amide bonds. The Morgan fingerprint density at radius 1 is 1.36 bits per heavy atom. The van der Waals surface area contributed by atoms with E-state index in [1.54, 1.807) is 6.92 Å². The van der Waals surface area contributed by atoms with Gasteiger partial charge in [0.1, 0.15) is 0 Å². The first-order valence-corrected chi connectivity index (χ1v) is 4.48. The van der Waals surface area contributed by atoms with Crippen molar-refractivity contribution in [3.63, 3.8) is 0 Å². The van der Waals surface area contributed by atoms with E-state index < -0.39 is 18.0 Å². The number of hydrogen-bond acceptors (Lipinski definition) is 4. The molecule has 80 valence electrons. The van der Waals surface area contributed by atoms with E-state index in [-0.39, 0.29) is 12.5 Å². The van der Waals surface area contributed by atoms with Crippen molar-refractivity contribution in [3.05, 3.63) is 12.7 Å². The van der Waals surface area contributed by atoms with Gasteiger partial charge in [-0.15, -0.1) is 6.58 Å². The molecule has 0 aliphatic rings. The number of carbonyl (C=O) groups is 2. The van der Waals surface area contributed by atoms with Crippen LogP contribution < -0.4 is 0 Å². The van der Waals surface area contributed by atoms with Gasteiger partial charge in [0.2, 0.25) is 0 Å². The Morgan fingerprint density at radius 3 is 2.36 bits per heavy atom. The average molecular weight is 200 g/mol. The van der Waals surface area contributed by atoms with Gasteiger partial charge < -0.3 is 9.47 Å². The van der Waals surface area contributed by atoms with Gasteiger partial charge in [-0.25, -0.2) is 4.79 Å². The van der Waals surface area contributed by atoms with E-state index in [4.69, 9.17) is 0 Å². The fourth-order valence-corrected chi connectivity index (χ4v) is 0.535. The van der Waals surface area contributed by atoms with Crippen molar-refractivity contribution in [2.75, 3.05) is 6.61 Å². The van der Waals surface area contributed by atoms with Crippen molar-refractivity contribution in [2.45, 2.75) is 20.8 Å². The fourth-order valence-electron chi connectivity index (χ4n) is 0.535. The molecule has 0 saturated carbocycles. The minimum atomic E-state index is -0.947. The van der Waals surface area contributed by atoms with Crippen LogP contribution in [0.5, 0.6) is 0 Å². The first-order chi connectivity index (χ1) is 6.47. The Labute approximate surface area is 83.9 Å². The van der Waals surface area contributed by atoms with E-state index in [1.165, 1.54) is 6.08 Å². The molecule has 0 radical (unpaired) electrons. The quantitative estimate of drug-likeness (QED) is 0.396. The molecular weight excluding hydrogens is 184 g/mol. The Bertz CT molecular complexity index is 220. The van der Waals surface area contributed by atoms with Gasteiger partial charge in [-0.05, 0) is 12.8 Å². The summed E-state index contributed by atoms with van der Waals surface area (Å²) in [7, 11) is 0. The van der Waals surface area contributed by atoms with Crippen LogP contribution in [0, 0.1) is 11.8 Å². The fraction of sp³-hybridized carbons (Fsp3) is 0.600. The van der Waals surface area contributed by atoms with Gasteiger partial charge in [-0.3, -0.25) is 4.79 Å². The summed E-state index contributed by atoms with van der Waals surface area (Å²) in [6.07, 6.45) is 0.454. The molecule has 4 nitrogen and oxygen atoms in total. The molecule has 0 rings (SSSR count). The van der Waals surface area contributed by atoms with Gasteiger partial charge in [-0.1, -0.05) is 19.9 Å². The number of hydrogen-bond donors (Lipinski definition) is 0. The van der Waals surface area contributed by atoms with Gasteiger partial charge in [0.25, 0.3) is 0 Å². The second kappa shape index (κ2) is 6.18. The lowest BCUT2D eigenvalue weighted by atomic mass is 10.2. The van der Waals surface area contributed by atoms with E-state index in [0.29, 0.717) is 0 Å². The Morgan fingerprint density at radius 2 is 1.93 bits per heavy atom. The van der Waals surface area contributed by atoms with Crippen molar-refractivity contribution in [2.24, 2.45) is 11.8 Å². The van der Waals surface area contributed by atoms with Crippen molar-refractivity contribution in [1.82, 2.24) is 0 Å². The van der Waals surface area contributed by atoms with Gasteiger partial charge in [0.15, 0.2) is 0 Å². The maximum Gasteiger partial charge on any atom is 0.516 e. The smallest absolute Gasteiger partial charge is 0.434 e. The van der Waals surface area contributed by atoms with Crippen LogP contribution in [0.4, 0.5) is 4.79 Å². The van der Waals surface area contributed by atoms with Gasteiger partial charge in [-0.2, -0.15) is 0 Å². The standard InChI is InChI=1S/C10H16O4/c1-5-8(4)9(11)14-10(12)13-6-7(2)3/h5,7-8H,1,6H2,2-4H3. The summed E-state index contributed by atoms with van der Waals surface area (Å²) in [6.45, 7) is 9.02. The molecule has 0 aliphatic heterocycles. The molecule has 14 heavy (non-hydrogen) atoms. The zero-order valence-electron chi connectivity index (χ0n) is 8.78. The maximum absolute atomic E-state index is 11.0. The monoisotopic (exact) mass is 200 g/mol. The highest BCUT2D eigenvalue weighted by Crippen LogP contribution is 2.01. The van der Waals surface area contributed by atoms with Crippen LogP contribution in [0.3, 0.4) is 0 Å². The molecule has 4 heteroatoms. The summed E-state index contributed by atoms with van der Waals surface area (Å²) in [5, 5.41) is 0. The predicted octanol–water partition coefficient (Wildman–Crippen LogP) is 2.14. The van der Waals surface area contributed by atoms with Crippen LogP contribution in [0.25, 0.3) is 0 Å². The van der Waals surface area contributed by atoms with E-state index in [1.807, 2.05) is 13.8 Å². The largest absolute Gasteiger partial charge is 0.516 e. The first kappa shape index (κ1) is 12.7. The van der Waals surface area contributed by atoms with Crippen LogP contribution in [-0.4, -0.2) is 18.7 Å². The molecule has 1 atom stereocenters. The summed E-state index contributed by atoms with van der Waals surface area (Å²) >= 11 is 0. The molecule has 0 spiro atoms. The molecule has 0 aromatic rings. The van der Waals surface area contributed by atoms with Crippen molar-refractivity contribution < 1.29 is 19.1 Å². The predicted molar refractivity (Wildman–Crippen MR) is 51.6 cm³/mol. The molecule has 0 aliphatic carbocycles. The first-order valence-electron chi connectivity index (χ1n) is 4.48. The summed E-state index contributed by atoms with van der Waals surface area (Å²) in [5.41, 5.74) is 0. The Kier molecular flexibility index (Phi) is 5.60. The van der Waals surface area contributed by atoms with E-state index in [0.717, 1.165) is 0 Å². The summed E-state index contributed by atoms with van der Waals surface area (Å²) in [4.78, 5) is 21.9. The lowest BCUT2D eigenvalue weighted by Gasteiger charge is -2.08. The van der Waals surface area contributed by atoms with E-state index in [9.17, 15) is 9.59 Å². The highest BCUT2D eigenvalue weighted by atomic mass is 16.7. The van der Waals surface area contributed by atoms with Crippen molar-refractivity contribution >= 4 is 12.1 Å². The lowest BCUT2D eigenvalue weighted by molar-refractivity contribution is -0.142. The molecule has 0 saturated heterocycles. The maximum atomic E-state index is 11.0. The topological polar surface area (TPSA) is 52.6 Å². The number of ether oxygens (including phenoxy) is 2. The molecule has 0 heterocycles. The second-order valence-electron chi connectivity index (χ2n) is 3.40. The Hall–Kier alpha value is -1.32. The van der Waals surface area contributed by atoms with Gasteiger partial charge in [0, 0.05) is 0 Å². The molecule has 0 fully saturated rings. The van der Waals surface area contributed by atoms with Crippen LogP contribution in [0.1, 0.15) is 20.8 Å². The third-order valence-electron chi connectivity index (χ3n) is 1.44. The van der Waals surface area contributed by atoms with Crippen molar-refractivity contribution in [1.29, 1.82) is 0 Å². The summed E-state index contributed by atoms with van der Waals surface area (Å²) in [6, 6.07) is 0. The molecular formula is C10H16O4. The summed E-state index contributed by atoms with van der Waals surface area (Å²) in [5.74, 6) is -0.926. The molecule has 0 aromatic carbocycles. The SMILES string of the molecule is C=CC(C)C(=O)OC(=O)OCC(C)C. The minimum absolute atomic E-state index is 0.217. The normalized spacial score (nSPS) is 12.0. The molecule has 1 unspecified atom stereocenters. The van der Waals surface area contributed by atoms with Crippen molar-refractivity contribution in [3.8, 4) is 0 Å². The lowest BCUT2D eigenvalue weighted by Crippen LogP contribution is -2.20. The Balaban J connectivity index is 3.83. The molecule has 0 N–H and O–H groups in total. The van der Waals surface area contributed by atoms with Crippen LogP contribution >= 0.6 is 0 Å². The zero-order valence-corrected chi connectivity index (χ0v) is 8.78. The molecule has 0 aromatic heterocycles. The van der Waals surface area contributed by atoms with Crippen LogP contribution in [0.2, 0.25) is 0 Å².